The largest absolute Gasteiger partial charge is 0.472 e. The Balaban J connectivity index is 4.05. The van der Waals surface area contributed by atoms with Gasteiger partial charge in [-0.3, -0.25) is 13.8 Å². The quantitative estimate of drug-likeness (QED) is 0.0272. The van der Waals surface area contributed by atoms with E-state index in [9.17, 15) is 19.4 Å². The first kappa shape index (κ1) is 58.2. The second-order valence-corrected chi connectivity index (χ2v) is 19.2. The first-order valence-electron chi connectivity index (χ1n) is 25.8. The maximum absolute atomic E-state index is 12.8. The van der Waals surface area contributed by atoms with E-state index in [2.05, 4.69) is 19.2 Å². The summed E-state index contributed by atoms with van der Waals surface area (Å²) in [5, 5.41) is 13.7. The van der Waals surface area contributed by atoms with Gasteiger partial charge < -0.3 is 21.1 Å². The number of aliphatic hydroxyl groups is 1. The molecule has 0 spiro atoms. The van der Waals surface area contributed by atoms with Crippen molar-refractivity contribution in [2.24, 2.45) is 5.73 Å². The molecule has 0 rings (SSSR count). The SMILES string of the molecule is CCCCCCCCCCCCCCCCCC/C=C/C(O)C(COP(=O)(O)OCCN)NC(=O)CCCCCCCCCCCCCCCCCCCCCCCC. The van der Waals surface area contributed by atoms with Crippen LogP contribution in [-0.4, -0.2) is 47.8 Å². The van der Waals surface area contributed by atoms with E-state index in [-0.39, 0.29) is 25.7 Å². The van der Waals surface area contributed by atoms with Gasteiger partial charge in [-0.05, 0) is 19.3 Å². The topological polar surface area (TPSA) is 131 Å². The minimum Gasteiger partial charge on any atom is -0.387 e. The number of carbonyl (C=O) groups excluding carboxylic acids is 1. The van der Waals surface area contributed by atoms with Gasteiger partial charge in [-0.15, -0.1) is 0 Å². The number of aliphatic hydroxyl groups excluding tert-OH is 1. The Morgan fingerprint density at radius 1 is 0.542 bits per heavy atom. The second kappa shape index (κ2) is 46.7. The first-order chi connectivity index (χ1) is 28.9. The van der Waals surface area contributed by atoms with E-state index in [0.29, 0.717) is 6.42 Å². The summed E-state index contributed by atoms with van der Waals surface area (Å²) in [7, 11) is -4.34. The number of hydrogen-bond donors (Lipinski definition) is 4. The molecule has 1 amide bonds. The number of nitrogens with two attached hydrogens (primary N) is 1. The van der Waals surface area contributed by atoms with Crippen molar-refractivity contribution in [1.82, 2.24) is 5.32 Å². The zero-order valence-corrected chi connectivity index (χ0v) is 40.2. The van der Waals surface area contributed by atoms with Gasteiger partial charge >= 0.3 is 7.82 Å². The molecule has 3 unspecified atom stereocenters. The third-order valence-corrected chi connectivity index (χ3v) is 12.8. The van der Waals surface area contributed by atoms with E-state index >= 15 is 0 Å². The van der Waals surface area contributed by atoms with Gasteiger partial charge in [-0.2, -0.15) is 0 Å². The highest BCUT2D eigenvalue weighted by atomic mass is 31.2. The predicted octanol–water partition coefficient (Wildman–Crippen LogP) is 15.1. The highest BCUT2D eigenvalue weighted by Crippen LogP contribution is 2.43. The molecule has 0 saturated heterocycles. The average molecular weight is 857 g/mol. The van der Waals surface area contributed by atoms with Crippen LogP contribution in [0.15, 0.2) is 12.2 Å². The molecule has 3 atom stereocenters. The lowest BCUT2D eigenvalue weighted by Gasteiger charge is -2.23. The van der Waals surface area contributed by atoms with E-state index in [1.807, 2.05) is 6.08 Å². The Hall–Kier alpha value is -0.760. The van der Waals surface area contributed by atoms with Crippen molar-refractivity contribution in [3.63, 3.8) is 0 Å². The van der Waals surface area contributed by atoms with Gasteiger partial charge in [0.15, 0.2) is 0 Å². The molecule has 9 heteroatoms. The maximum Gasteiger partial charge on any atom is 0.472 e. The fraction of sp³-hybridized carbons (Fsp3) is 0.940. The van der Waals surface area contributed by atoms with Crippen LogP contribution in [0.1, 0.15) is 271 Å². The number of nitrogens with one attached hydrogen (secondary N) is 1. The third kappa shape index (κ3) is 45.1. The number of phosphoric acid groups is 1. The normalized spacial score (nSPS) is 13.9. The Morgan fingerprint density at radius 3 is 1.20 bits per heavy atom. The Morgan fingerprint density at radius 2 is 0.864 bits per heavy atom. The third-order valence-electron chi connectivity index (χ3n) is 11.9. The molecule has 59 heavy (non-hydrogen) atoms. The number of rotatable bonds is 49. The molecule has 0 aromatic rings. The highest BCUT2D eigenvalue weighted by Gasteiger charge is 2.26. The second-order valence-electron chi connectivity index (χ2n) is 17.7. The fourth-order valence-corrected chi connectivity index (χ4v) is 8.72. The maximum atomic E-state index is 12.8. The molecule has 5 N–H and O–H groups in total. The molecule has 0 radical (unpaired) electrons. The van der Waals surface area contributed by atoms with Crippen LogP contribution in [0.4, 0.5) is 0 Å². The van der Waals surface area contributed by atoms with Crippen LogP contribution in [0.3, 0.4) is 0 Å². The van der Waals surface area contributed by atoms with Crippen LogP contribution in [-0.2, 0) is 18.4 Å². The summed E-state index contributed by atoms with van der Waals surface area (Å²) in [6.45, 7) is 4.18. The predicted molar refractivity (Wildman–Crippen MR) is 254 cm³/mol. The number of allylic oxidation sites excluding steroid dienone is 1. The van der Waals surface area contributed by atoms with Gasteiger partial charge in [0, 0.05) is 13.0 Å². The summed E-state index contributed by atoms with van der Waals surface area (Å²) in [5.41, 5.74) is 5.39. The lowest BCUT2D eigenvalue weighted by Crippen LogP contribution is -2.45. The van der Waals surface area contributed by atoms with Gasteiger partial charge in [-0.1, -0.05) is 257 Å². The van der Waals surface area contributed by atoms with Crippen LogP contribution in [0.25, 0.3) is 0 Å². The van der Waals surface area contributed by atoms with Crippen molar-refractivity contribution < 1.29 is 28.4 Å². The molecule has 0 aliphatic carbocycles. The van der Waals surface area contributed by atoms with E-state index < -0.39 is 20.0 Å². The molecule has 352 valence electrons. The molecule has 8 nitrogen and oxygen atoms in total. The number of phosphoric ester groups is 1. The molecule has 0 bridgehead atoms. The molecule has 0 saturated carbocycles. The first-order valence-corrected chi connectivity index (χ1v) is 27.3. The fourth-order valence-electron chi connectivity index (χ4n) is 7.96. The van der Waals surface area contributed by atoms with Crippen molar-refractivity contribution >= 4 is 13.7 Å². The van der Waals surface area contributed by atoms with Crippen molar-refractivity contribution in [1.29, 1.82) is 0 Å². The van der Waals surface area contributed by atoms with Gasteiger partial charge in [0.25, 0.3) is 0 Å². The molecule has 0 heterocycles. The minimum atomic E-state index is -4.34. The van der Waals surface area contributed by atoms with Crippen LogP contribution < -0.4 is 11.1 Å². The lowest BCUT2D eigenvalue weighted by molar-refractivity contribution is -0.123. The average Bonchev–Trinajstić information content (AvgIpc) is 3.22. The van der Waals surface area contributed by atoms with Crippen LogP contribution in [0.5, 0.6) is 0 Å². The summed E-state index contributed by atoms with van der Waals surface area (Å²) < 4.78 is 22.2. The number of amides is 1. The molecule has 0 aliphatic heterocycles. The summed E-state index contributed by atoms with van der Waals surface area (Å²) in [6.07, 6.45) is 54.2. The molecular weight excluding hydrogens is 756 g/mol. The molecule has 0 fully saturated rings. The molecular formula is C50H101N2O6P. The van der Waals surface area contributed by atoms with Gasteiger partial charge in [0.2, 0.25) is 5.91 Å². The van der Waals surface area contributed by atoms with E-state index in [1.54, 1.807) is 6.08 Å². The summed E-state index contributed by atoms with van der Waals surface area (Å²) in [6, 6.07) is -0.855. The minimum absolute atomic E-state index is 0.0817. The molecule has 0 aromatic heterocycles. The van der Waals surface area contributed by atoms with Gasteiger partial charge in [0.1, 0.15) is 0 Å². The van der Waals surface area contributed by atoms with E-state index in [4.69, 9.17) is 14.8 Å². The summed E-state index contributed by atoms with van der Waals surface area (Å²) >= 11 is 0. The molecule has 0 aliphatic rings. The van der Waals surface area contributed by atoms with Crippen molar-refractivity contribution in [3.05, 3.63) is 12.2 Å². The zero-order valence-electron chi connectivity index (χ0n) is 39.3. The van der Waals surface area contributed by atoms with Crippen LogP contribution in [0.2, 0.25) is 0 Å². The number of carbonyl (C=O) groups is 1. The Kier molecular flexibility index (Phi) is 46.1. The van der Waals surface area contributed by atoms with E-state index in [1.165, 1.54) is 212 Å². The van der Waals surface area contributed by atoms with Crippen LogP contribution >= 0.6 is 7.82 Å². The smallest absolute Gasteiger partial charge is 0.387 e. The monoisotopic (exact) mass is 857 g/mol. The standard InChI is InChI=1S/C50H101N2O6P/c1-3-5-7-9-11-13-15-17-19-21-23-24-25-26-28-30-32-34-36-38-40-42-44-50(54)52-48(47-58-59(55,56)57-46-45-51)49(53)43-41-39-37-35-33-31-29-27-22-20-18-16-14-12-10-8-6-4-2/h41,43,48-49,53H,3-40,42,44-47,51H2,1-2H3,(H,52,54)(H,55,56)/b43-41+. The van der Waals surface area contributed by atoms with Crippen molar-refractivity contribution in [3.8, 4) is 0 Å². The highest BCUT2D eigenvalue weighted by molar-refractivity contribution is 7.47. The number of hydrogen-bond acceptors (Lipinski definition) is 6. The van der Waals surface area contributed by atoms with E-state index in [0.717, 1.165) is 38.5 Å². The lowest BCUT2D eigenvalue weighted by atomic mass is 10.0. The zero-order chi connectivity index (χ0) is 43.2. The number of unbranched alkanes of at least 4 members (excludes halogenated alkanes) is 37. The summed E-state index contributed by atoms with van der Waals surface area (Å²) in [5.74, 6) is -0.187. The van der Waals surface area contributed by atoms with Gasteiger partial charge in [-0.25, -0.2) is 4.57 Å². The van der Waals surface area contributed by atoms with Crippen LogP contribution in [0, 0.1) is 0 Å². The van der Waals surface area contributed by atoms with Crippen molar-refractivity contribution in [2.75, 3.05) is 19.8 Å². The Bertz CT molecular complexity index is 937. The van der Waals surface area contributed by atoms with Gasteiger partial charge in [0.05, 0.1) is 25.4 Å². The summed E-state index contributed by atoms with van der Waals surface area (Å²) in [4.78, 5) is 22.8. The Labute approximate surface area is 366 Å². The van der Waals surface area contributed by atoms with Crippen molar-refractivity contribution in [2.45, 2.75) is 283 Å². The molecule has 0 aromatic carbocycles.